The van der Waals surface area contributed by atoms with E-state index >= 15 is 0 Å². The first-order chi connectivity index (χ1) is 9.92. The molecule has 0 N–H and O–H groups in total. The Balaban J connectivity index is 1.62. The Labute approximate surface area is 129 Å². The molecule has 2 fully saturated rings. The second kappa shape index (κ2) is 5.65. The summed E-state index contributed by atoms with van der Waals surface area (Å²) in [6, 6.07) is 4.90. The van der Waals surface area contributed by atoms with Gasteiger partial charge in [-0.25, -0.2) is 0 Å². The summed E-state index contributed by atoms with van der Waals surface area (Å²) in [5.41, 5.74) is 3.26. The largest absolute Gasteiger partial charge is 0.143 e. The Morgan fingerprint density at radius 1 is 0.850 bits per heavy atom. The van der Waals surface area contributed by atoms with Gasteiger partial charge in [-0.05, 0) is 71.5 Å². The molecule has 0 aromatic carbocycles. The lowest BCUT2D eigenvalue weighted by Crippen LogP contribution is -1.91. The molecule has 2 aliphatic carbocycles. The van der Waals surface area contributed by atoms with E-state index in [1.54, 1.807) is 16.0 Å². The molecule has 0 unspecified atom stereocenters. The summed E-state index contributed by atoms with van der Waals surface area (Å²) in [6.07, 6.45) is 11.4. The van der Waals surface area contributed by atoms with E-state index < -0.39 is 0 Å². The molecule has 0 amide bonds. The van der Waals surface area contributed by atoms with E-state index in [-0.39, 0.29) is 0 Å². The number of hydrogen-bond donors (Lipinski definition) is 0. The van der Waals surface area contributed by atoms with Crippen molar-refractivity contribution in [3.05, 3.63) is 34.0 Å². The zero-order valence-electron chi connectivity index (χ0n) is 11.9. The van der Waals surface area contributed by atoms with Crippen LogP contribution in [-0.4, -0.2) is 0 Å². The van der Waals surface area contributed by atoms with Gasteiger partial charge in [-0.1, -0.05) is 25.7 Å². The van der Waals surface area contributed by atoms with Crippen molar-refractivity contribution < 1.29 is 0 Å². The van der Waals surface area contributed by atoms with Crippen LogP contribution in [0.15, 0.2) is 22.9 Å². The molecule has 2 aliphatic rings. The Bertz CT molecular complexity index is 566. The lowest BCUT2D eigenvalue weighted by Gasteiger charge is -2.09. The van der Waals surface area contributed by atoms with Crippen molar-refractivity contribution in [3.8, 4) is 9.75 Å². The molecule has 0 saturated heterocycles. The molecule has 106 valence electrons. The van der Waals surface area contributed by atoms with E-state index in [0.717, 1.165) is 11.8 Å². The van der Waals surface area contributed by atoms with Gasteiger partial charge in [0.2, 0.25) is 0 Å². The standard InChI is InChI=1S/C18H22S2/c1-2-6-13(5-1)15-11-17(20-12-15)18-16(9-10-19-18)14-7-3-4-8-14/h9-14H,1-8H2. The van der Waals surface area contributed by atoms with Gasteiger partial charge in [0.05, 0.1) is 0 Å². The smallest absolute Gasteiger partial charge is 0.0477 e. The van der Waals surface area contributed by atoms with E-state index in [4.69, 9.17) is 0 Å². The van der Waals surface area contributed by atoms with Crippen LogP contribution in [0, 0.1) is 0 Å². The van der Waals surface area contributed by atoms with Gasteiger partial charge in [-0.3, -0.25) is 0 Å². The first kappa shape index (κ1) is 13.1. The summed E-state index contributed by atoms with van der Waals surface area (Å²) < 4.78 is 0. The van der Waals surface area contributed by atoms with E-state index in [2.05, 4.69) is 22.9 Å². The number of thiophene rings is 2. The highest BCUT2D eigenvalue weighted by molar-refractivity contribution is 7.20. The van der Waals surface area contributed by atoms with Crippen molar-refractivity contribution in [2.45, 2.75) is 63.2 Å². The van der Waals surface area contributed by atoms with Gasteiger partial charge in [0.25, 0.3) is 0 Å². The van der Waals surface area contributed by atoms with Crippen LogP contribution >= 0.6 is 22.7 Å². The minimum Gasteiger partial charge on any atom is -0.143 e. The van der Waals surface area contributed by atoms with Crippen molar-refractivity contribution in [2.75, 3.05) is 0 Å². The van der Waals surface area contributed by atoms with Gasteiger partial charge in [0.15, 0.2) is 0 Å². The third kappa shape index (κ3) is 2.37. The molecule has 20 heavy (non-hydrogen) atoms. The molecule has 0 nitrogen and oxygen atoms in total. The van der Waals surface area contributed by atoms with E-state index in [1.807, 2.05) is 22.7 Å². The normalized spacial score (nSPS) is 21.0. The highest BCUT2D eigenvalue weighted by Gasteiger charge is 2.23. The van der Waals surface area contributed by atoms with Crippen LogP contribution in [0.1, 0.15) is 74.3 Å². The molecular formula is C18H22S2. The third-order valence-electron chi connectivity index (χ3n) is 5.16. The lowest BCUT2D eigenvalue weighted by molar-refractivity contribution is 0.725. The summed E-state index contributed by atoms with van der Waals surface area (Å²) in [6.45, 7) is 0. The van der Waals surface area contributed by atoms with Gasteiger partial charge < -0.3 is 0 Å². The predicted molar refractivity (Wildman–Crippen MR) is 90.1 cm³/mol. The Kier molecular flexibility index (Phi) is 3.70. The first-order valence-corrected chi connectivity index (χ1v) is 9.84. The number of rotatable bonds is 3. The summed E-state index contributed by atoms with van der Waals surface area (Å²) in [5, 5.41) is 4.74. The maximum Gasteiger partial charge on any atom is 0.0477 e. The quantitative estimate of drug-likeness (QED) is 0.585. The van der Waals surface area contributed by atoms with Crippen LogP contribution in [0.4, 0.5) is 0 Å². The maximum atomic E-state index is 2.50. The van der Waals surface area contributed by atoms with Gasteiger partial charge in [-0.15, -0.1) is 22.7 Å². The molecule has 0 radical (unpaired) electrons. The summed E-state index contributed by atoms with van der Waals surface area (Å²) in [5.74, 6) is 1.70. The molecule has 2 saturated carbocycles. The maximum absolute atomic E-state index is 2.50. The van der Waals surface area contributed by atoms with Crippen LogP contribution in [0.3, 0.4) is 0 Å². The SMILES string of the molecule is c1cc(C2CCCC2)c(-c2cc(C3CCCC3)cs2)s1. The fourth-order valence-electron chi connectivity index (χ4n) is 4.02. The molecule has 0 aliphatic heterocycles. The second-order valence-electron chi connectivity index (χ2n) is 6.41. The van der Waals surface area contributed by atoms with E-state index in [9.17, 15) is 0 Å². The van der Waals surface area contributed by atoms with Crippen molar-refractivity contribution in [2.24, 2.45) is 0 Å². The van der Waals surface area contributed by atoms with Gasteiger partial charge in [0.1, 0.15) is 0 Å². The molecular weight excluding hydrogens is 280 g/mol. The van der Waals surface area contributed by atoms with Crippen LogP contribution in [0.2, 0.25) is 0 Å². The van der Waals surface area contributed by atoms with Crippen molar-refractivity contribution in [3.63, 3.8) is 0 Å². The average Bonchev–Trinajstić information content (AvgIpc) is 3.23. The van der Waals surface area contributed by atoms with Gasteiger partial charge in [0, 0.05) is 9.75 Å². The molecule has 4 rings (SSSR count). The highest BCUT2D eigenvalue weighted by atomic mass is 32.1. The fourth-order valence-corrected chi connectivity index (χ4v) is 6.16. The first-order valence-electron chi connectivity index (χ1n) is 8.08. The van der Waals surface area contributed by atoms with Crippen molar-refractivity contribution in [1.82, 2.24) is 0 Å². The topological polar surface area (TPSA) is 0 Å². The Morgan fingerprint density at radius 3 is 2.30 bits per heavy atom. The molecule has 2 heterocycles. The van der Waals surface area contributed by atoms with E-state index in [1.165, 1.54) is 56.2 Å². The van der Waals surface area contributed by atoms with E-state index in [0.29, 0.717) is 0 Å². The van der Waals surface area contributed by atoms with Crippen LogP contribution in [0.25, 0.3) is 9.75 Å². The monoisotopic (exact) mass is 302 g/mol. The Morgan fingerprint density at radius 2 is 1.55 bits per heavy atom. The minimum absolute atomic E-state index is 0.841. The average molecular weight is 303 g/mol. The zero-order chi connectivity index (χ0) is 13.4. The van der Waals surface area contributed by atoms with Crippen LogP contribution in [0.5, 0.6) is 0 Å². The van der Waals surface area contributed by atoms with Crippen molar-refractivity contribution >= 4 is 22.7 Å². The fraction of sp³-hybridized carbons (Fsp3) is 0.556. The molecule has 2 heteroatoms. The van der Waals surface area contributed by atoms with Crippen molar-refractivity contribution in [1.29, 1.82) is 0 Å². The third-order valence-corrected chi connectivity index (χ3v) is 7.22. The Hall–Kier alpha value is -0.600. The van der Waals surface area contributed by atoms with Gasteiger partial charge >= 0.3 is 0 Å². The second-order valence-corrected chi connectivity index (χ2v) is 8.24. The zero-order valence-corrected chi connectivity index (χ0v) is 13.6. The minimum atomic E-state index is 0.841. The summed E-state index contributed by atoms with van der Waals surface area (Å²) >= 11 is 3.93. The summed E-state index contributed by atoms with van der Waals surface area (Å²) in [4.78, 5) is 3.11. The molecule has 2 aromatic heterocycles. The number of hydrogen-bond acceptors (Lipinski definition) is 2. The molecule has 0 bridgehead atoms. The van der Waals surface area contributed by atoms with Gasteiger partial charge in [-0.2, -0.15) is 0 Å². The highest BCUT2D eigenvalue weighted by Crippen LogP contribution is 2.45. The lowest BCUT2D eigenvalue weighted by atomic mass is 9.97. The molecule has 2 aromatic rings. The van der Waals surface area contributed by atoms with Crippen LogP contribution < -0.4 is 0 Å². The predicted octanol–water partition coefficient (Wildman–Crippen LogP) is 6.79. The van der Waals surface area contributed by atoms with Crippen LogP contribution in [-0.2, 0) is 0 Å². The molecule has 0 spiro atoms. The molecule has 0 atom stereocenters. The summed E-state index contributed by atoms with van der Waals surface area (Å²) in [7, 11) is 0.